The summed E-state index contributed by atoms with van der Waals surface area (Å²) in [6.07, 6.45) is -1.97. The van der Waals surface area contributed by atoms with Gasteiger partial charge in [0.2, 0.25) is 0 Å². The fourth-order valence-electron chi connectivity index (χ4n) is 4.90. The van der Waals surface area contributed by atoms with Gasteiger partial charge >= 0.3 is 6.18 Å². The van der Waals surface area contributed by atoms with E-state index in [0.29, 0.717) is 37.4 Å². The highest BCUT2D eigenvalue weighted by atomic mass is 35.5. The molecule has 4 aromatic rings. The van der Waals surface area contributed by atoms with Crippen molar-refractivity contribution in [1.29, 1.82) is 0 Å². The number of aliphatic hydroxyl groups is 1. The minimum absolute atomic E-state index is 0.200. The quantitative estimate of drug-likeness (QED) is 0.177. The summed E-state index contributed by atoms with van der Waals surface area (Å²) in [6.45, 7) is 3.65. The third kappa shape index (κ3) is 8.27. The third-order valence-corrected chi connectivity index (χ3v) is 8.62. The maximum Gasteiger partial charge on any atom is 0.416 e. The smallest absolute Gasteiger partial charge is 0.392 e. The number of rotatable bonds is 8. The lowest BCUT2D eigenvalue weighted by Gasteiger charge is -2.26. The fraction of sp³-hybridized carbons (Fsp3) is 0.312. The van der Waals surface area contributed by atoms with Crippen LogP contribution in [0, 0.1) is 11.8 Å². The summed E-state index contributed by atoms with van der Waals surface area (Å²) >= 11 is 14.2. The van der Waals surface area contributed by atoms with E-state index in [1.165, 1.54) is 23.5 Å². The molecule has 2 aromatic heterocycles. The van der Waals surface area contributed by atoms with Gasteiger partial charge in [0.15, 0.2) is 5.69 Å². The number of piperidine rings is 1. The number of halogens is 5. The summed E-state index contributed by atoms with van der Waals surface area (Å²) in [4.78, 5) is 15.1. The number of alkyl halides is 3. The van der Waals surface area contributed by atoms with Gasteiger partial charge in [0.1, 0.15) is 0 Å². The fourth-order valence-corrected chi connectivity index (χ4v) is 6.30. The molecule has 45 heavy (non-hydrogen) atoms. The van der Waals surface area contributed by atoms with E-state index in [1.807, 2.05) is 11.1 Å². The Morgan fingerprint density at radius 1 is 1.07 bits per heavy atom. The van der Waals surface area contributed by atoms with Crippen molar-refractivity contribution in [2.24, 2.45) is 0 Å². The van der Waals surface area contributed by atoms with Crippen LogP contribution in [0.25, 0.3) is 16.3 Å². The van der Waals surface area contributed by atoms with Crippen LogP contribution in [0.1, 0.15) is 58.2 Å². The van der Waals surface area contributed by atoms with Crippen LogP contribution < -0.4 is 10.7 Å². The second-order valence-electron chi connectivity index (χ2n) is 10.6. The molecule has 13 heteroatoms. The highest BCUT2D eigenvalue weighted by Gasteiger charge is 2.30. The van der Waals surface area contributed by atoms with Crippen LogP contribution >= 0.6 is 34.5 Å². The number of nitrogens with one attached hydrogen (secondary N) is 2. The van der Waals surface area contributed by atoms with E-state index in [4.69, 9.17) is 28.3 Å². The van der Waals surface area contributed by atoms with Gasteiger partial charge in [-0.05, 0) is 74.4 Å². The number of hydrogen-bond acceptors (Lipinski definition) is 6. The van der Waals surface area contributed by atoms with Crippen molar-refractivity contribution in [3.8, 4) is 28.1 Å². The predicted octanol–water partition coefficient (Wildman–Crippen LogP) is 6.93. The molecule has 1 aliphatic heterocycles. The number of aliphatic hydroxyl groups excluding tert-OH is 1. The molecular weight excluding hydrogens is 646 g/mol. The molecule has 2 aromatic carbocycles. The lowest BCUT2D eigenvalue weighted by molar-refractivity contribution is -0.137. The van der Waals surface area contributed by atoms with E-state index in [2.05, 4.69) is 22.6 Å². The first-order chi connectivity index (χ1) is 21.5. The van der Waals surface area contributed by atoms with Crippen molar-refractivity contribution < 1.29 is 23.1 Å². The van der Waals surface area contributed by atoms with Gasteiger partial charge in [-0.2, -0.15) is 18.3 Å². The van der Waals surface area contributed by atoms with Gasteiger partial charge < -0.3 is 10.4 Å². The van der Waals surface area contributed by atoms with Gasteiger partial charge in [-0.15, -0.1) is 11.3 Å². The molecule has 0 saturated carbocycles. The van der Waals surface area contributed by atoms with Crippen molar-refractivity contribution in [3.05, 3.63) is 91.9 Å². The SMILES string of the molecule is C[C@@H](O)CNCc1c(C(=O)NN2CCCCC2)nn(-c2ccc(Cl)cc2Cl)c1-c1ccc(C#Cc2ccc(C(F)(F)F)cc2)s1. The molecule has 7 nitrogen and oxygen atoms in total. The molecule has 0 radical (unpaired) electrons. The van der Waals surface area contributed by atoms with Crippen LogP contribution in [0.2, 0.25) is 10.0 Å². The number of benzene rings is 2. The maximum absolute atomic E-state index is 13.7. The van der Waals surface area contributed by atoms with Gasteiger partial charge in [-0.25, -0.2) is 9.69 Å². The van der Waals surface area contributed by atoms with E-state index in [0.717, 1.165) is 49.4 Å². The molecule has 1 amide bonds. The van der Waals surface area contributed by atoms with Crippen molar-refractivity contribution in [3.63, 3.8) is 0 Å². The molecule has 3 heterocycles. The number of hydrogen-bond donors (Lipinski definition) is 3. The van der Waals surface area contributed by atoms with Crippen LogP contribution in [0.3, 0.4) is 0 Å². The summed E-state index contributed by atoms with van der Waals surface area (Å²) in [5.74, 6) is 5.58. The summed E-state index contributed by atoms with van der Waals surface area (Å²) in [7, 11) is 0. The molecule has 236 valence electrons. The number of hydrazine groups is 1. The second kappa shape index (κ2) is 14.4. The van der Waals surface area contributed by atoms with Crippen LogP contribution in [0.4, 0.5) is 13.2 Å². The Kier molecular flexibility index (Phi) is 10.5. The highest BCUT2D eigenvalue weighted by molar-refractivity contribution is 7.16. The first kappa shape index (κ1) is 33.0. The highest BCUT2D eigenvalue weighted by Crippen LogP contribution is 2.37. The van der Waals surface area contributed by atoms with Crippen LogP contribution in [0.15, 0.2) is 54.6 Å². The van der Waals surface area contributed by atoms with Crippen molar-refractivity contribution >= 4 is 40.4 Å². The minimum Gasteiger partial charge on any atom is -0.392 e. The number of aromatic nitrogens is 2. The number of carbonyl (C=O) groups excluding carboxylic acids is 1. The maximum atomic E-state index is 13.7. The van der Waals surface area contributed by atoms with Gasteiger partial charge in [-0.1, -0.05) is 41.5 Å². The van der Waals surface area contributed by atoms with E-state index in [9.17, 15) is 23.1 Å². The van der Waals surface area contributed by atoms with Crippen LogP contribution in [-0.2, 0) is 12.7 Å². The molecule has 1 aliphatic rings. The number of thiophene rings is 1. The van der Waals surface area contributed by atoms with Crippen LogP contribution in [0.5, 0.6) is 0 Å². The molecule has 1 atom stereocenters. The Balaban J connectivity index is 1.57. The van der Waals surface area contributed by atoms with Crippen molar-refractivity contribution in [2.45, 2.75) is 45.0 Å². The van der Waals surface area contributed by atoms with Gasteiger partial charge in [0.05, 0.1) is 37.8 Å². The molecule has 0 spiro atoms. The summed E-state index contributed by atoms with van der Waals surface area (Å²) in [5, 5.41) is 20.5. The monoisotopic (exact) mass is 675 g/mol. The zero-order valence-electron chi connectivity index (χ0n) is 24.2. The molecule has 5 rings (SSSR count). The largest absolute Gasteiger partial charge is 0.416 e. The second-order valence-corrected chi connectivity index (χ2v) is 12.6. The summed E-state index contributed by atoms with van der Waals surface area (Å²) < 4.78 is 40.5. The average molecular weight is 677 g/mol. The Morgan fingerprint density at radius 3 is 2.47 bits per heavy atom. The zero-order valence-corrected chi connectivity index (χ0v) is 26.5. The Hall–Kier alpha value is -3.37. The average Bonchev–Trinajstić information content (AvgIpc) is 3.61. The number of carbonyl (C=O) groups is 1. The van der Waals surface area contributed by atoms with Gasteiger partial charge in [-0.3, -0.25) is 10.2 Å². The molecule has 1 saturated heterocycles. The zero-order chi connectivity index (χ0) is 32.1. The van der Waals surface area contributed by atoms with Gasteiger partial charge in [0.25, 0.3) is 5.91 Å². The number of amides is 1. The van der Waals surface area contributed by atoms with Crippen molar-refractivity contribution in [1.82, 2.24) is 25.5 Å². The summed E-state index contributed by atoms with van der Waals surface area (Å²) in [5.41, 5.74) is 4.61. The molecule has 1 fully saturated rings. The summed E-state index contributed by atoms with van der Waals surface area (Å²) in [6, 6.07) is 13.3. The Bertz CT molecular complexity index is 1720. The van der Waals surface area contributed by atoms with E-state index in [-0.39, 0.29) is 24.7 Å². The predicted molar refractivity (Wildman–Crippen MR) is 171 cm³/mol. The Labute approximate surface area is 272 Å². The van der Waals surface area contributed by atoms with E-state index >= 15 is 0 Å². The topological polar surface area (TPSA) is 82.4 Å². The Morgan fingerprint density at radius 2 is 1.80 bits per heavy atom. The molecule has 0 bridgehead atoms. The molecule has 0 unspecified atom stereocenters. The first-order valence-corrected chi connectivity index (χ1v) is 15.9. The van der Waals surface area contributed by atoms with Crippen molar-refractivity contribution in [2.75, 3.05) is 19.6 Å². The molecular formula is C32H30Cl2F3N5O2S. The number of nitrogens with zero attached hydrogens (tertiary/aromatic N) is 3. The van der Waals surface area contributed by atoms with Crippen LogP contribution in [-0.4, -0.2) is 51.5 Å². The lowest BCUT2D eigenvalue weighted by atomic mass is 10.1. The third-order valence-electron chi connectivity index (χ3n) is 7.08. The molecule has 3 N–H and O–H groups in total. The van der Waals surface area contributed by atoms with E-state index in [1.54, 1.807) is 35.9 Å². The standard InChI is InChI=1S/C32H30Cl2F3N5O2S/c1-20(43)18-38-19-25-29(31(44)40-41-15-3-2-4-16-41)39-42(27-13-10-23(33)17-26(27)34)30(25)28-14-12-24(45-28)11-7-21-5-8-22(9-6-21)32(35,36)37/h5-6,8-10,12-14,17,20,38,43H,2-4,15-16,18-19H2,1H3,(H,40,44)/t20-/m1/s1. The van der Waals surface area contributed by atoms with Gasteiger partial charge in [0, 0.05) is 42.3 Å². The molecule has 0 aliphatic carbocycles. The lowest BCUT2D eigenvalue weighted by Crippen LogP contribution is -2.45. The van der Waals surface area contributed by atoms with E-state index < -0.39 is 17.8 Å². The normalized spacial score (nSPS) is 14.6. The minimum atomic E-state index is -4.42. The first-order valence-electron chi connectivity index (χ1n) is 14.3.